The number of nitrogens with zero attached hydrogens (tertiary/aromatic N) is 20. The summed E-state index contributed by atoms with van der Waals surface area (Å²) < 4.78 is 0. The van der Waals surface area contributed by atoms with Crippen molar-refractivity contribution in [2.45, 2.75) is 69.2 Å². The van der Waals surface area contributed by atoms with Crippen LogP contribution < -0.4 is 0 Å². The van der Waals surface area contributed by atoms with Crippen LogP contribution in [0.5, 0.6) is 0 Å². The largest absolute Gasteiger partial charge is 0.265 e. The van der Waals surface area contributed by atoms with Gasteiger partial charge in [-0.2, -0.15) is 30.6 Å². The third-order valence-electron chi connectivity index (χ3n) is 8.00. The van der Waals surface area contributed by atoms with Crippen LogP contribution in [-0.2, 0) is 0 Å². The summed E-state index contributed by atoms with van der Waals surface area (Å²) in [5, 5.41) is 28.8. The third kappa shape index (κ3) is 34.5. The number of fused-ring (bicyclic) bond motifs is 1. The first-order chi connectivity index (χ1) is 35.9. The molecule has 0 bridgehead atoms. The number of benzene rings is 1. The van der Waals surface area contributed by atoms with E-state index in [0.29, 0.717) is 0 Å². The van der Waals surface area contributed by atoms with Crippen molar-refractivity contribution in [2.75, 3.05) is 0 Å². The van der Waals surface area contributed by atoms with E-state index in [4.69, 9.17) is 0 Å². The average Bonchev–Trinajstić information content (AvgIpc) is 3.42. The highest BCUT2D eigenvalue weighted by molar-refractivity contribution is 5.73. The fourth-order valence-electron chi connectivity index (χ4n) is 4.37. The molecule has 10 heterocycles. The summed E-state index contributed by atoms with van der Waals surface area (Å²) in [6.07, 6.45) is 30.1. The Morgan fingerprint density at radius 3 is 1.24 bits per heavy atom. The predicted molar refractivity (Wildman–Crippen MR) is 285 cm³/mol. The topological polar surface area (TPSA) is 258 Å². The zero-order valence-corrected chi connectivity index (χ0v) is 43.4. The van der Waals surface area contributed by atoms with Crippen molar-refractivity contribution in [1.29, 1.82) is 0 Å². The van der Waals surface area contributed by atoms with Gasteiger partial charge in [-0.3, -0.25) is 24.9 Å². The van der Waals surface area contributed by atoms with E-state index in [1.54, 1.807) is 99.0 Å². The molecule has 0 atom stereocenters. The molecule has 0 fully saturated rings. The first-order valence-corrected chi connectivity index (χ1v) is 22.7. The molecular formula is C54H62N20. The summed E-state index contributed by atoms with van der Waals surface area (Å²) in [7, 11) is 0. The van der Waals surface area contributed by atoms with E-state index in [1.165, 1.54) is 24.5 Å². The number of hydrogen-bond acceptors (Lipinski definition) is 20. The van der Waals surface area contributed by atoms with E-state index < -0.39 is 0 Å². The van der Waals surface area contributed by atoms with Gasteiger partial charge in [0.25, 0.3) is 0 Å². The van der Waals surface area contributed by atoms with Crippen LogP contribution in [0.25, 0.3) is 11.0 Å². The normalized spacial score (nSPS) is 8.95. The quantitative estimate of drug-likeness (QED) is 0.137. The minimum atomic E-state index is 0.822. The van der Waals surface area contributed by atoms with Crippen molar-refractivity contribution in [3.8, 4) is 0 Å². The van der Waals surface area contributed by atoms with Gasteiger partial charge in [0.1, 0.15) is 24.8 Å². The second kappa shape index (κ2) is 40.1. The highest BCUT2D eigenvalue weighted by atomic mass is 15.1. The van der Waals surface area contributed by atoms with E-state index >= 15 is 0 Å². The Hall–Kier alpha value is -9.72. The SMILES string of the molecule is Cc1ccccn1.Cc1cccnn1.Cc1ccncc1.Cc1ccncn1.Cc1ccnnc1.Cc1cnc2ccccc2n1.Cc1cnccn1.Cc1cncnn1.Cc1cnncn1.Cc1ncccn1. The van der Waals surface area contributed by atoms with Gasteiger partial charge < -0.3 is 0 Å². The molecule has 0 aliphatic rings. The zero-order chi connectivity index (χ0) is 53.7. The molecule has 0 aliphatic heterocycles. The van der Waals surface area contributed by atoms with Gasteiger partial charge in [-0.1, -0.05) is 18.2 Å². The number of rotatable bonds is 0. The fourth-order valence-corrected chi connectivity index (χ4v) is 4.37. The van der Waals surface area contributed by atoms with E-state index in [-0.39, 0.29) is 0 Å². The number of aryl methyl sites for hydroxylation is 10. The van der Waals surface area contributed by atoms with Crippen LogP contribution in [0.1, 0.15) is 56.8 Å². The minimum Gasteiger partial charge on any atom is -0.265 e. The zero-order valence-electron chi connectivity index (χ0n) is 43.4. The van der Waals surface area contributed by atoms with Crippen LogP contribution in [0.4, 0.5) is 0 Å². The Balaban J connectivity index is 0.000000283. The van der Waals surface area contributed by atoms with Crippen molar-refractivity contribution in [2.24, 2.45) is 0 Å². The van der Waals surface area contributed by atoms with Crippen molar-refractivity contribution < 1.29 is 0 Å². The minimum absolute atomic E-state index is 0.822. The summed E-state index contributed by atoms with van der Waals surface area (Å²) in [6, 6.07) is 27.0. The molecule has 1 aromatic carbocycles. The van der Waals surface area contributed by atoms with Crippen LogP contribution in [0.2, 0.25) is 0 Å². The maximum Gasteiger partial charge on any atom is 0.138 e. The van der Waals surface area contributed by atoms with E-state index in [1.807, 2.05) is 148 Å². The second-order valence-corrected chi connectivity index (χ2v) is 14.8. The molecular weight excluding hydrogens is 929 g/mol. The molecule has 11 aromatic rings. The molecule has 0 saturated carbocycles. The lowest BCUT2D eigenvalue weighted by Crippen LogP contribution is -1.85. The van der Waals surface area contributed by atoms with Gasteiger partial charge in [-0.15, -0.1) is 10.2 Å². The van der Waals surface area contributed by atoms with E-state index in [9.17, 15) is 0 Å². The van der Waals surface area contributed by atoms with Gasteiger partial charge in [-0.25, -0.2) is 34.9 Å². The monoisotopic (exact) mass is 991 g/mol. The van der Waals surface area contributed by atoms with E-state index in [2.05, 4.69) is 101 Å². The Morgan fingerprint density at radius 1 is 0.257 bits per heavy atom. The Labute approximate surface area is 433 Å². The predicted octanol–water partition coefficient (Wildman–Crippen LogP) is 9.00. The molecule has 11 rings (SSSR count). The molecule has 74 heavy (non-hydrogen) atoms. The molecule has 0 radical (unpaired) electrons. The average molecular weight is 991 g/mol. The highest BCUT2D eigenvalue weighted by Crippen LogP contribution is 2.07. The summed E-state index contributed by atoms with van der Waals surface area (Å²) in [5.41, 5.74) is 11.0. The molecule has 0 N–H and O–H groups in total. The Morgan fingerprint density at radius 2 is 0.878 bits per heavy atom. The second-order valence-electron chi connectivity index (χ2n) is 14.8. The van der Waals surface area contributed by atoms with Gasteiger partial charge in [0.15, 0.2) is 0 Å². The fraction of sp³-hybridized carbons (Fsp3) is 0.185. The number of aromatic nitrogens is 20. The molecule has 0 saturated heterocycles. The van der Waals surface area contributed by atoms with Crippen LogP contribution in [0, 0.1) is 69.2 Å². The van der Waals surface area contributed by atoms with Crippen LogP contribution in [-0.4, -0.2) is 101 Å². The highest BCUT2D eigenvalue weighted by Gasteiger charge is 1.92. The summed E-state index contributed by atoms with van der Waals surface area (Å²) in [6.45, 7) is 19.3. The molecule has 0 unspecified atom stereocenters. The number of para-hydroxylation sites is 2. The molecule has 20 heteroatoms. The van der Waals surface area contributed by atoms with Gasteiger partial charge in [0.2, 0.25) is 0 Å². The standard InChI is InChI=1S/C9H8N2.2C6H7N.5C5H6N2.2C4H5N3/c1-7-6-10-8-4-2-3-5-9(8)11-7;1-6-2-4-7-5-3-6;1-6-4-2-3-5-7-6;1-5-4-6-2-3-7-5;1-5-2-3-6-4-7-5;1-5-2-3-6-7-4-5;1-5-6-3-2-4-7-5;1-5-3-2-4-6-7-5;1-4-2-6-7-3-5-4;1-4-2-5-3-6-7-4/h2-6H,1H3;2*2-5H,1H3;5*2-4H,1H3;2*2-3H,1H3. The van der Waals surface area contributed by atoms with Gasteiger partial charge >= 0.3 is 0 Å². The molecule has 20 nitrogen and oxygen atoms in total. The molecule has 10 aromatic heterocycles. The van der Waals surface area contributed by atoms with Crippen LogP contribution >= 0.6 is 0 Å². The Kier molecular flexibility index (Phi) is 32.7. The summed E-state index contributed by atoms with van der Waals surface area (Å²) in [4.78, 5) is 46.9. The molecule has 0 amide bonds. The molecule has 378 valence electrons. The lowest BCUT2D eigenvalue weighted by molar-refractivity contribution is 0.925. The summed E-state index contributed by atoms with van der Waals surface area (Å²) >= 11 is 0. The summed E-state index contributed by atoms with van der Waals surface area (Å²) in [5.74, 6) is 0.822. The third-order valence-corrected chi connectivity index (χ3v) is 8.00. The van der Waals surface area contributed by atoms with Crippen molar-refractivity contribution in [1.82, 2.24) is 101 Å². The van der Waals surface area contributed by atoms with Gasteiger partial charge in [0.05, 0.1) is 58.1 Å². The number of pyridine rings is 2. The van der Waals surface area contributed by atoms with Crippen molar-refractivity contribution >= 4 is 11.0 Å². The first kappa shape index (κ1) is 60.4. The lowest BCUT2D eigenvalue weighted by Gasteiger charge is -1.95. The first-order valence-electron chi connectivity index (χ1n) is 22.7. The van der Waals surface area contributed by atoms with Gasteiger partial charge in [0, 0.05) is 85.7 Å². The van der Waals surface area contributed by atoms with Crippen LogP contribution in [0.3, 0.4) is 0 Å². The molecule has 0 aliphatic carbocycles. The lowest BCUT2D eigenvalue weighted by atomic mass is 10.3. The van der Waals surface area contributed by atoms with Crippen molar-refractivity contribution in [3.05, 3.63) is 254 Å². The smallest absolute Gasteiger partial charge is 0.138 e. The van der Waals surface area contributed by atoms with E-state index in [0.717, 1.165) is 62.3 Å². The maximum absolute atomic E-state index is 4.31. The Bertz CT molecular complexity index is 2430. The van der Waals surface area contributed by atoms with Gasteiger partial charge in [-0.05, 0) is 147 Å². The molecule has 0 spiro atoms. The van der Waals surface area contributed by atoms with Crippen molar-refractivity contribution in [3.63, 3.8) is 0 Å². The number of hydrogen-bond donors (Lipinski definition) is 0. The van der Waals surface area contributed by atoms with Crippen LogP contribution in [0.15, 0.2) is 197 Å². The maximum atomic E-state index is 4.31.